The Morgan fingerprint density at radius 3 is 2.74 bits per heavy atom. The number of nitrogens with zero attached hydrogens (tertiary/aromatic N) is 4. The molecule has 2 fully saturated rings. The number of rotatable bonds is 5. The van der Waals surface area contributed by atoms with Crippen LogP contribution in [-0.4, -0.2) is 63.9 Å². The minimum absolute atomic E-state index is 0.376. The van der Waals surface area contributed by atoms with Gasteiger partial charge in [-0.15, -0.1) is 0 Å². The van der Waals surface area contributed by atoms with E-state index in [1.54, 1.807) is 18.0 Å². The summed E-state index contributed by atoms with van der Waals surface area (Å²) in [4.78, 5) is 10.7. The number of methoxy groups -OCH3 is 1. The quantitative estimate of drug-likeness (QED) is 0.456. The highest BCUT2D eigenvalue weighted by molar-refractivity contribution is 5.92. The second-order valence-electron chi connectivity index (χ2n) is 10.0. The molecule has 2 saturated heterocycles. The van der Waals surface area contributed by atoms with Gasteiger partial charge in [0.1, 0.15) is 6.33 Å². The van der Waals surface area contributed by atoms with Crippen molar-refractivity contribution in [2.45, 2.75) is 51.0 Å². The van der Waals surface area contributed by atoms with Gasteiger partial charge in [0.05, 0.1) is 19.4 Å². The summed E-state index contributed by atoms with van der Waals surface area (Å²) in [7, 11) is 1.68. The number of aromatic nitrogens is 4. The number of benzene rings is 1. The maximum atomic E-state index is 5.62. The van der Waals surface area contributed by atoms with Crippen molar-refractivity contribution in [2.75, 3.05) is 33.4 Å². The number of ether oxygens (including phenoxy) is 2. The summed E-state index contributed by atoms with van der Waals surface area (Å²) >= 11 is 0. The Morgan fingerprint density at radius 2 is 2.00 bits per heavy atom. The molecule has 6 rings (SSSR count). The van der Waals surface area contributed by atoms with Gasteiger partial charge in [-0.3, -0.25) is 4.90 Å². The summed E-state index contributed by atoms with van der Waals surface area (Å²) < 4.78 is 13.0. The Balaban J connectivity index is 1.35. The number of hydrogen-bond donors (Lipinski definition) is 1. The van der Waals surface area contributed by atoms with E-state index in [1.165, 1.54) is 54.4 Å². The van der Waals surface area contributed by atoms with Gasteiger partial charge in [-0.1, -0.05) is 19.9 Å². The zero-order chi connectivity index (χ0) is 23.2. The third-order valence-corrected chi connectivity index (χ3v) is 7.71. The number of hydrogen-bond acceptors (Lipinski definition) is 5. The second-order valence-corrected chi connectivity index (χ2v) is 10.0. The molecule has 7 heteroatoms. The van der Waals surface area contributed by atoms with Gasteiger partial charge in [0.2, 0.25) is 0 Å². The van der Waals surface area contributed by atoms with Crippen LogP contribution in [0, 0.1) is 0 Å². The lowest BCUT2D eigenvalue weighted by Gasteiger charge is -2.35. The predicted molar refractivity (Wildman–Crippen MR) is 134 cm³/mol. The minimum atomic E-state index is 0.376. The Bertz CT molecular complexity index is 1310. The molecule has 1 atom stereocenters. The van der Waals surface area contributed by atoms with Crippen LogP contribution in [0.4, 0.5) is 0 Å². The average Bonchev–Trinajstić information content (AvgIpc) is 3.62. The van der Waals surface area contributed by atoms with Gasteiger partial charge in [-0.2, -0.15) is 5.10 Å². The molecule has 1 unspecified atom stereocenters. The van der Waals surface area contributed by atoms with Crippen molar-refractivity contribution >= 4 is 16.6 Å². The third-order valence-electron chi connectivity index (χ3n) is 7.71. The van der Waals surface area contributed by atoms with Crippen LogP contribution in [0.3, 0.4) is 0 Å². The predicted octanol–water partition coefficient (Wildman–Crippen LogP) is 4.98. The van der Waals surface area contributed by atoms with E-state index >= 15 is 0 Å². The van der Waals surface area contributed by atoms with Crippen molar-refractivity contribution in [1.29, 1.82) is 0 Å². The van der Waals surface area contributed by atoms with E-state index in [9.17, 15) is 0 Å². The first kappa shape index (κ1) is 21.6. The van der Waals surface area contributed by atoms with E-state index in [4.69, 9.17) is 9.47 Å². The lowest BCUT2D eigenvalue weighted by molar-refractivity contribution is 0.122. The molecule has 34 heavy (non-hydrogen) atoms. The van der Waals surface area contributed by atoms with E-state index in [1.807, 2.05) is 6.20 Å². The van der Waals surface area contributed by atoms with Crippen LogP contribution < -0.4 is 4.74 Å². The van der Waals surface area contributed by atoms with Crippen molar-refractivity contribution in [3.05, 3.63) is 47.9 Å². The Hall–Kier alpha value is -2.90. The number of aromatic amines is 1. The van der Waals surface area contributed by atoms with Gasteiger partial charge in [-0.05, 0) is 73.5 Å². The highest BCUT2D eigenvalue weighted by Crippen LogP contribution is 2.39. The van der Waals surface area contributed by atoms with Gasteiger partial charge >= 0.3 is 0 Å². The number of nitrogens with one attached hydrogen (secondary N) is 1. The summed E-state index contributed by atoms with van der Waals surface area (Å²) in [6, 6.07) is 9.72. The van der Waals surface area contributed by atoms with Crippen LogP contribution in [0.25, 0.3) is 27.8 Å². The summed E-state index contributed by atoms with van der Waals surface area (Å²) in [5, 5.41) is 5.68. The summed E-state index contributed by atoms with van der Waals surface area (Å²) in [6.45, 7) is 8.71. The van der Waals surface area contributed by atoms with E-state index in [2.05, 4.69) is 58.1 Å². The highest BCUT2D eigenvalue weighted by atomic mass is 16.5. The fraction of sp³-hybridized carbons (Fsp3) is 0.481. The van der Waals surface area contributed by atoms with E-state index in [0.29, 0.717) is 17.9 Å². The van der Waals surface area contributed by atoms with Gasteiger partial charge in [0.25, 0.3) is 0 Å². The first-order valence-corrected chi connectivity index (χ1v) is 12.5. The third kappa shape index (κ3) is 3.67. The van der Waals surface area contributed by atoms with E-state index < -0.39 is 0 Å². The highest BCUT2D eigenvalue weighted by Gasteiger charge is 2.28. The molecule has 0 radical (unpaired) electrons. The number of pyridine rings is 1. The van der Waals surface area contributed by atoms with Crippen LogP contribution >= 0.6 is 0 Å². The van der Waals surface area contributed by atoms with Gasteiger partial charge < -0.3 is 14.5 Å². The summed E-state index contributed by atoms with van der Waals surface area (Å²) in [5.41, 5.74) is 6.91. The maximum Gasteiger partial charge on any atom is 0.197 e. The summed E-state index contributed by atoms with van der Waals surface area (Å²) in [5.74, 6) is 1.72. The number of fused-ring (bicyclic) bond motifs is 2. The molecule has 1 aromatic carbocycles. The van der Waals surface area contributed by atoms with Crippen LogP contribution in [0.5, 0.6) is 5.75 Å². The molecular formula is C27H33N5O2. The monoisotopic (exact) mass is 459 g/mol. The molecular weight excluding hydrogens is 426 g/mol. The molecule has 7 nitrogen and oxygen atoms in total. The van der Waals surface area contributed by atoms with Gasteiger partial charge in [-0.25, -0.2) is 9.50 Å². The SMILES string of the molecule is COc1cc(-c2[nH]c3ccc(C4CCN(C5CCOC5)CC4)cc3c2C(C)C)cn2ncnc12. The van der Waals surface area contributed by atoms with E-state index in [0.717, 1.165) is 35.9 Å². The zero-order valence-corrected chi connectivity index (χ0v) is 20.3. The minimum Gasteiger partial charge on any atom is -0.493 e. The molecule has 2 aliphatic heterocycles. The fourth-order valence-corrected chi connectivity index (χ4v) is 5.90. The van der Waals surface area contributed by atoms with Crippen LogP contribution in [0.2, 0.25) is 0 Å². The van der Waals surface area contributed by atoms with Gasteiger partial charge in [0.15, 0.2) is 11.4 Å². The van der Waals surface area contributed by atoms with Crippen LogP contribution in [0.15, 0.2) is 36.8 Å². The molecule has 178 valence electrons. The van der Waals surface area contributed by atoms with Crippen molar-refractivity contribution in [3.63, 3.8) is 0 Å². The molecule has 5 heterocycles. The summed E-state index contributed by atoms with van der Waals surface area (Å²) in [6.07, 6.45) is 7.22. The largest absolute Gasteiger partial charge is 0.493 e. The molecule has 3 aromatic heterocycles. The first-order chi connectivity index (χ1) is 16.6. The molecule has 0 saturated carbocycles. The smallest absolute Gasteiger partial charge is 0.197 e. The Labute approximate surface area is 200 Å². The Kier molecular flexibility index (Phi) is 5.54. The maximum absolute atomic E-state index is 5.62. The molecule has 0 amide bonds. The zero-order valence-electron chi connectivity index (χ0n) is 20.3. The number of H-pyrrole nitrogens is 1. The fourth-order valence-electron chi connectivity index (χ4n) is 5.90. The first-order valence-electron chi connectivity index (χ1n) is 12.5. The molecule has 0 bridgehead atoms. The average molecular weight is 460 g/mol. The molecule has 4 aromatic rings. The molecule has 0 spiro atoms. The van der Waals surface area contributed by atoms with Crippen LogP contribution in [-0.2, 0) is 4.74 Å². The van der Waals surface area contributed by atoms with Crippen molar-refractivity contribution in [1.82, 2.24) is 24.5 Å². The topological polar surface area (TPSA) is 67.7 Å². The molecule has 0 aliphatic carbocycles. The standard InChI is InChI=1S/C27H33N5O2/c1-17(2)25-22-12-19(18-6-9-31(10-7-18)21-8-11-34-15-21)4-5-23(22)30-26(25)20-13-24(33-3)27-28-16-29-32(27)14-20/h4-5,12-14,16-18,21,30H,6-11,15H2,1-3H3. The van der Waals surface area contributed by atoms with Crippen molar-refractivity contribution < 1.29 is 9.47 Å². The number of piperidine rings is 1. The molecule has 1 N–H and O–H groups in total. The molecule has 2 aliphatic rings. The van der Waals surface area contributed by atoms with E-state index in [-0.39, 0.29) is 0 Å². The second kappa shape index (κ2) is 8.71. The lowest BCUT2D eigenvalue weighted by atomic mass is 9.87. The van der Waals surface area contributed by atoms with Gasteiger partial charge in [0, 0.05) is 35.3 Å². The number of likely N-dealkylation sites (tertiary alicyclic amines) is 1. The van der Waals surface area contributed by atoms with Crippen LogP contribution in [0.1, 0.15) is 56.1 Å². The van der Waals surface area contributed by atoms with Crippen molar-refractivity contribution in [2.24, 2.45) is 0 Å². The lowest BCUT2D eigenvalue weighted by Crippen LogP contribution is -2.41. The Morgan fingerprint density at radius 1 is 1.15 bits per heavy atom. The van der Waals surface area contributed by atoms with Crippen molar-refractivity contribution in [3.8, 4) is 17.0 Å². The normalized spacial score (nSPS) is 20.2.